The molecular weight excluding hydrogens is 192 g/mol. The summed E-state index contributed by atoms with van der Waals surface area (Å²) >= 11 is 0. The van der Waals surface area contributed by atoms with Gasteiger partial charge in [0.25, 0.3) is 0 Å². The van der Waals surface area contributed by atoms with Crippen LogP contribution in [0.25, 0.3) is 0 Å². The van der Waals surface area contributed by atoms with Crippen molar-refractivity contribution in [2.45, 2.75) is 39.2 Å². The van der Waals surface area contributed by atoms with Gasteiger partial charge in [-0.2, -0.15) is 0 Å². The molecule has 2 aliphatic rings. The van der Waals surface area contributed by atoms with Gasteiger partial charge in [-0.05, 0) is 24.7 Å². The highest BCUT2D eigenvalue weighted by Gasteiger charge is 2.38. The first-order chi connectivity index (χ1) is 7.09. The summed E-state index contributed by atoms with van der Waals surface area (Å²) in [6.07, 6.45) is 2.71. The lowest BCUT2D eigenvalue weighted by atomic mass is 9.96. The third kappa shape index (κ3) is 1.85. The maximum atomic E-state index is 11.6. The number of carbonyl (C=O) groups is 2. The maximum Gasteiger partial charge on any atom is 0.324 e. The van der Waals surface area contributed by atoms with Crippen molar-refractivity contribution in [3.63, 3.8) is 0 Å². The van der Waals surface area contributed by atoms with Gasteiger partial charge in [-0.1, -0.05) is 13.8 Å². The molecule has 3 amide bonds. The van der Waals surface area contributed by atoms with Crippen molar-refractivity contribution in [2.24, 2.45) is 11.8 Å². The van der Waals surface area contributed by atoms with Crippen LogP contribution in [0.2, 0.25) is 0 Å². The highest BCUT2D eigenvalue weighted by atomic mass is 16.2. The number of hydrogen-bond acceptors (Lipinski definition) is 2. The van der Waals surface area contributed by atoms with Crippen LogP contribution in [0.4, 0.5) is 4.79 Å². The minimum atomic E-state index is -0.197. The molecule has 3 unspecified atom stereocenters. The van der Waals surface area contributed by atoms with Crippen LogP contribution in [0.3, 0.4) is 0 Å². The van der Waals surface area contributed by atoms with Crippen molar-refractivity contribution < 1.29 is 9.59 Å². The number of imide groups is 1. The van der Waals surface area contributed by atoms with Gasteiger partial charge in [0.1, 0.15) is 0 Å². The van der Waals surface area contributed by atoms with E-state index in [1.54, 1.807) is 0 Å². The van der Waals surface area contributed by atoms with E-state index in [1.807, 2.05) is 4.90 Å². The van der Waals surface area contributed by atoms with E-state index in [2.05, 4.69) is 19.2 Å². The summed E-state index contributed by atoms with van der Waals surface area (Å²) in [6, 6.07) is 0.130. The molecule has 0 aromatic heterocycles. The van der Waals surface area contributed by atoms with Crippen LogP contribution < -0.4 is 5.32 Å². The van der Waals surface area contributed by atoms with Crippen LogP contribution >= 0.6 is 0 Å². The van der Waals surface area contributed by atoms with E-state index < -0.39 is 0 Å². The average Bonchev–Trinajstić information content (AvgIpc) is 2.49. The second-order valence-corrected chi connectivity index (χ2v) is 4.78. The molecule has 4 nitrogen and oxygen atoms in total. The van der Waals surface area contributed by atoms with Crippen molar-refractivity contribution in [1.82, 2.24) is 10.2 Å². The lowest BCUT2D eigenvalue weighted by Crippen LogP contribution is -2.54. The van der Waals surface area contributed by atoms with Gasteiger partial charge in [0.05, 0.1) is 0 Å². The molecule has 2 fully saturated rings. The van der Waals surface area contributed by atoms with Gasteiger partial charge in [0.2, 0.25) is 5.91 Å². The fraction of sp³-hybridized carbons (Fsp3) is 0.818. The van der Waals surface area contributed by atoms with E-state index >= 15 is 0 Å². The summed E-state index contributed by atoms with van der Waals surface area (Å²) in [7, 11) is 0. The monoisotopic (exact) mass is 210 g/mol. The molecule has 1 saturated carbocycles. The standard InChI is InChI=1S/C11H18N2O2/c1-7-3-4-9(8(7)2)13-6-5-10(14)12-11(13)15/h7-9H,3-6H2,1-2H3,(H,12,14,15). The van der Waals surface area contributed by atoms with Crippen LogP contribution in [-0.2, 0) is 4.79 Å². The highest BCUT2D eigenvalue weighted by molar-refractivity contribution is 5.96. The predicted octanol–water partition coefficient (Wildman–Crippen LogP) is 1.36. The fourth-order valence-corrected chi connectivity index (χ4v) is 2.67. The van der Waals surface area contributed by atoms with Gasteiger partial charge >= 0.3 is 6.03 Å². The van der Waals surface area contributed by atoms with Crippen molar-refractivity contribution in [3.8, 4) is 0 Å². The van der Waals surface area contributed by atoms with E-state index in [9.17, 15) is 9.59 Å². The zero-order chi connectivity index (χ0) is 11.0. The molecule has 1 saturated heterocycles. The van der Waals surface area contributed by atoms with Crippen molar-refractivity contribution in [1.29, 1.82) is 0 Å². The number of urea groups is 1. The second kappa shape index (κ2) is 3.83. The van der Waals surface area contributed by atoms with Gasteiger partial charge < -0.3 is 4.90 Å². The Kier molecular flexibility index (Phi) is 2.67. The second-order valence-electron chi connectivity index (χ2n) is 4.78. The Morgan fingerprint density at radius 2 is 2.00 bits per heavy atom. The normalized spacial score (nSPS) is 36.9. The molecule has 0 bridgehead atoms. The van der Waals surface area contributed by atoms with Crippen LogP contribution in [0, 0.1) is 11.8 Å². The van der Waals surface area contributed by atoms with Crippen LogP contribution in [-0.4, -0.2) is 29.4 Å². The number of nitrogens with zero attached hydrogens (tertiary/aromatic N) is 1. The van der Waals surface area contributed by atoms with Crippen LogP contribution in [0.15, 0.2) is 0 Å². The van der Waals surface area contributed by atoms with Crippen molar-refractivity contribution in [3.05, 3.63) is 0 Å². The summed E-state index contributed by atoms with van der Waals surface area (Å²) in [5.41, 5.74) is 0. The molecule has 1 N–H and O–H groups in total. The maximum absolute atomic E-state index is 11.6. The first-order valence-electron chi connectivity index (χ1n) is 5.70. The zero-order valence-corrected chi connectivity index (χ0v) is 9.32. The largest absolute Gasteiger partial charge is 0.324 e. The van der Waals surface area contributed by atoms with Gasteiger partial charge in [0.15, 0.2) is 0 Å². The highest BCUT2D eigenvalue weighted by Crippen LogP contribution is 2.35. The molecule has 1 heterocycles. The number of rotatable bonds is 1. The summed E-state index contributed by atoms with van der Waals surface area (Å²) in [4.78, 5) is 24.5. The molecule has 84 valence electrons. The van der Waals surface area contributed by atoms with Crippen LogP contribution in [0.1, 0.15) is 33.1 Å². The lowest BCUT2D eigenvalue weighted by Gasteiger charge is -2.34. The van der Waals surface area contributed by atoms with Gasteiger partial charge in [-0.25, -0.2) is 4.79 Å². The number of hydrogen-bond donors (Lipinski definition) is 1. The van der Waals surface area contributed by atoms with E-state index in [0.29, 0.717) is 30.8 Å². The smallest absolute Gasteiger partial charge is 0.321 e. The summed E-state index contributed by atoms with van der Waals surface area (Å²) < 4.78 is 0. The SMILES string of the molecule is CC1CCC(N2CCC(=O)NC2=O)C1C. The number of amides is 3. The minimum absolute atomic E-state index is 0.144. The van der Waals surface area contributed by atoms with Gasteiger partial charge in [-0.15, -0.1) is 0 Å². The summed E-state index contributed by atoms with van der Waals surface area (Å²) in [6.45, 7) is 5.02. The predicted molar refractivity (Wildman–Crippen MR) is 56.2 cm³/mol. The zero-order valence-electron chi connectivity index (χ0n) is 9.32. The Labute approximate surface area is 90.0 Å². The molecule has 15 heavy (non-hydrogen) atoms. The molecule has 0 aromatic carbocycles. The molecule has 1 aliphatic heterocycles. The third-order valence-electron chi connectivity index (χ3n) is 3.91. The van der Waals surface area contributed by atoms with Crippen LogP contribution in [0.5, 0.6) is 0 Å². The Hall–Kier alpha value is -1.06. The lowest BCUT2D eigenvalue weighted by molar-refractivity contribution is -0.121. The van der Waals surface area contributed by atoms with Crippen molar-refractivity contribution in [2.75, 3.05) is 6.54 Å². The van der Waals surface area contributed by atoms with E-state index in [4.69, 9.17) is 0 Å². The van der Waals surface area contributed by atoms with Gasteiger partial charge in [-0.3, -0.25) is 10.1 Å². The Morgan fingerprint density at radius 1 is 1.27 bits per heavy atom. The summed E-state index contributed by atoms with van der Waals surface area (Å²) in [5.74, 6) is 1.08. The Morgan fingerprint density at radius 3 is 2.53 bits per heavy atom. The number of carbonyl (C=O) groups excluding carboxylic acids is 2. The average molecular weight is 210 g/mol. The minimum Gasteiger partial charge on any atom is -0.321 e. The quantitative estimate of drug-likeness (QED) is 0.710. The number of nitrogens with one attached hydrogen (secondary N) is 1. The summed E-state index contributed by atoms with van der Waals surface area (Å²) in [5, 5.41) is 2.39. The molecule has 0 radical (unpaired) electrons. The molecule has 0 aromatic rings. The Bertz CT molecular complexity index is 290. The molecule has 2 rings (SSSR count). The third-order valence-corrected chi connectivity index (χ3v) is 3.91. The van der Waals surface area contributed by atoms with E-state index in [-0.39, 0.29) is 11.9 Å². The van der Waals surface area contributed by atoms with E-state index in [0.717, 1.165) is 6.42 Å². The molecular formula is C11H18N2O2. The van der Waals surface area contributed by atoms with Crippen molar-refractivity contribution >= 4 is 11.9 Å². The van der Waals surface area contributed by atoms with E-state index in [1.165, 1.54) is 6.42 Å². The molecule has 1 aliphatic carbocycles. The first-order valence-corrected chi connectivity index (χ1v) is 5.70. The molecule has 3 atom stereocenters. The Balaban J connectivity index is 2.05. The fourth-order valence-electron chi connectivity index (χ4n) is 2.67. The molecule has 0 spiro atoms. The topological polar surface area (TPSA) is 49.4 Å². The first kappa shape index (κ1) is 10.5. The van der Waals surface area contributed by atoms with Gasteiger partial charge in [0, 0.05) is 19.0 Å². The molecule has 4 heteroatoms.